The first-order valence-electron chi connectivity index (χ1n) is 8.74. The molecular formula is C21H23ClN2O3. The second-order valence-electron chi connectivity index (χ2n) is 6.79. The SMILES string of the molecule is CC(=O)c1cccc(NC(=O)[C@@H](CC(C)C)NC(=O)c2ccc(Cl)cc2)c1. The quantitative estimate of drug-likeness (QED) is 0.695. The van der Waals surface area contributed by atoms with Crippen molar-refractivity contribution in [1.29, 1.82) is 0 Å². The second-order valence-corrected chi connectivity index (χ2v) is 7.23. The molecule has 5 nitrogen and oxygen atoms in total. The lowest BCUT2D eigenvalue weighted by atomic mass is 10.0. The number of rotatable bonds is 7. The summed E-state index contributed by atoms with van der Waals surface area (Å²) in [6.45, 7) is 5.42. The lowest BCUT2D eigenvalue weighted by Gasteiger charge is -2.20. The Hall–Kier alpha value is -2.66. The van der Waals surface area contributed by atoms with Crippen LogP contribution in [-0.4, -0.2) is 23.6 Å². The van der Waals surface area contributed by atoms with Gasteiger partial charge < -0.3 is 10.6 Å². The Morgan fingerprint density at radius 2 is 1.67 bits per heavy atom. The normalized spacial score (nSPS) is 11.7. The molecule has 2 N–H and O–H groups in total. The minimum Gasteiger partial charge on any atom is -0.340 e. The molecule has 0 aliphatic carbocycles. The van der Waals surface area contributed by atoms with E-state index in [0.717, 1.165) is 0 Å². The molecule has 0 aliphatic rings. The van der Waals surface area contributed by atoms with Crippen molar-refractivity contribution >= 4 is 34.9 Å². The maximum absolute atomic E-state index is 12.7. The number of ketones is 1. The van der Waals surface area contributed by atoms with Crippen LogP contribution in [0.25, 0.3) is 0 Å². The van der Waals surface area contributed by atoms with Gasteiger partial charge >= 0.3 is 0 Å². The summed E-state index contributed by atoms with van der Waals surface area (Å²) >= 11 is 5.85. The number of benzene rings is 2. The van der Waals surface area contributed by atoms with Crippen molar-refractivity contribution in [2.75, 3.05) is 5.32 Å². The van der Waals surface area contributed by atoms with Crippen molar-refractivity contribution in [2.24, 2.45) is 5.92 Å². The van der Waals surface area contributed by atoms with Crippen LogP contribution in [0.5, 0.6) is 0 Å². The van der Waals surface area contributed by atoms with Gasteiger partial charge in [-0.05, 0) is 55.7 Å². The van der Waals surface area contributed by atoms with Crippen molar-refractivity contribution in [3.05, 3.63) is 64.7 Å². The second kappa shape index (κ2) is 9.33. The Morgan fingerprint density at radius 3 is 2.26 bits per heavy atom. The molecule has 0 radical (unpaired) electrons. The van der Waals surface area contributed by atoms with Crippen molar-refractivity contribution in [1.82, 2.24) is 5.32 Å². The van der Waals surface area contributed by atoms with Gasteiger partial charge in [-0.25, -0.2) is 0 Å². The number of amides is 2. The van der Waals surface area contributed by atoms with E-state index in [1.54, 1.807) is 48.5 Å². The summed E-state index contributed by atoms with van der Waals surface area (Å²) in [4.78, 5) is 36.7. The highest BCUT2D eigenvalue weighted by Crippen LogP contribution is 2.15. The summed E-state index contributed by atoms with van der Waals surface area (Å²) in [5.74, 6) is -0.549. The van der Waals surface area contributed by atoms with Gasteiger partial charge in [0, 0.05) is 21.8 Å². The average molecular weight is 387 g/mol. The van der Waals surface area contributed by atoms with Gasteiger partial charge in [-0.1, -0.05) is 37.6 Å². The molecule has 2 aromatic carbocycles. The van der Waals surface area contributed by atoms with Crippen LogP contribution in [0.1, 0.15) is 47.9 Å². The van der Waals surface area contributed by atoms with Gasteiger partial charge in [0.15, 0.2) is 5.78 Å². The number of Topliss-reactive ketones (excluding diaryl/α,β-unsaturated/α-hetero) is 1. The summed E-state index contributed by atoms with van der Waals surface area (Å²) in [6.07, 6.45) is 0.484. The fourth-order valence-electron chi connectivity index (χ4n) is 2.59. The molecule has 1 atom stereocenters. The predicted molar refractivity (Wildman–Crippen MR) is 107 cm³/mol. The number of halogens is 1. The first-order chi connectivity index (χ1) is 12.8. The van der Waals surface area contributed by atoms with E-state index in [1.165, 1.54) is 6.92 Å². The number of hydrogen-bond donors (Lipinski definition) is 2. The molecule has 2 rings (SSSR count). The molecule has 2 amide bonds. The predicted octanol–water partition coefficient (Wildman–Crippen LogP) is 4.33. The van der Waals surface area contributed by atoms with Crippen molar-refractivity contribution in [3.8, 4) is 0 Å². The zero-order chi connectivity index (χ0) is 20.0. The number of carbonyl (C=O) groups excluding carboxylic acids is 3. The van der Waals surface area contributed by atoms with Gasteiger partial charge in [-0.3, -0.25) is 14.4 Å². The standard InChI is InChI=1S/C21H23ClN2O3/c1-13(2)11-19(24-20(26)15-7-9-17(22)10-8-15)21(27)23-18-6-4-5-16(12-18)14(3)25/h4-10,12-13,19H,11H2,1-3H3,(H,23,27)(H,24,26)/t19-/m1/s1. The van der Waals surface area contributed by atoms with Gasteiger partial charge in [0.25, 0.3) is 5.91 Å². The van der Waals surface area contributed by atoms with Crippen LogP contribution in [0, 0.1) is 5.92 Å². The summed E-state index contributed by atoms with van der Waals surface area (Å²) in [7, 11) is 0. The van der Waals surface area contributed by atoms with E-state index < -0.39 is 6.04 Å². The summed E-state index contributed by atoms with van der Waals surface area (Å²) in [5, 5.41) is 6.10. The summed E-state index contributed by atoms with van der Waals surface area (Å²) in [5.41, 5.74) is 1.46. The van der Waals surface area contributed by atoms with Gasteiger partial charge in [0.05, 0.1) is 0 Å². The molecule has 142 valence electrons. The van der Waals surface area contributed by atoms with Crippen molar-refractivity contribution in [2.45, 2.75) is 33.2 Å². The minimum absolute atomic E-state index is 0.0825. The number of nitrogens with one attached hydrogen (secondary N) is 2. The molecule has 0 fully saturated rings. The molecule has 0 saturated heterocycles. The highest BCUT2D eigenvalue weighted by Gasteiger charge is 2.23. The lowest BCUT2D eigenvalue weighted by molar-refractivity contribution is -0.118. The van der Waals surface area contributed by atoms with Crippen LogP contribution in [0.15, 0.2) is 48.5 Å². The van der Waals surface area contributed by atoms with Gasteiger partial charge in [0.1, 0.15) is 6.04 Å². The van der Waals surface area contributed by atoms with Crippen LogP contribution in [0.4, 0.5) is 5.69 Å². The number of hydrogen-bond acceptors (Lipinski definition) is 3. The zero-order valence-electron chi connectivity index (χ0n) is 15.6. The van der Waals surface area contributed by atoms with Crippen LogP contribution in [0.3, 0.4) is 0 Å². The van der Waals surface area contributed by atoms with Crippen molar-refractivity contribution in [3.63, 3.8) is 0 Å². The Bertz CT molecular complexity index is 832. The van der Waals surface area contributed by atoms with E-state index in [-0.39, 0.29) is 23.5 Å². The minimum atomic E-state index is -0.700. The molecular weight excluding hydrogens is 364 g/mol. The lowest BCUT2D eigenvalue weighted by Crippen LogP contribution is -2.44. The third kappa shape index (κ3) is 6.22. The number of carbonyl (C=O) groups is 3. The maximum atomic E-state index is 12.7. The van der Waals surface area contributed by atoms with Crippen LogP contribution < -0.4 is 10.6 Å². The molecule has 0 saturated carbocycles. The Balaban J connectivity index is 2.13. The van der Waals surface area contributed by atoms with Gasteiger partial charge in [-0.15, -0.1) is 0 Å². The smallest absolute Gasteiger partial charge is 0.251 e. The first-order valence-corrected chi connectivity index (χ1v) is 9.12. The maximum Gasteiger partial charge on any atom is 0.251 e. The summed E-state index contributed by atoms with van der Waals surface area (Å²) in [6, 6.07) is 12.5. The van der Waals surface area contributed by atoms with E-state index in [0.29, 0.717) is 28.3 Å². The van der Waals surface area contributed by atoms with Crippen LogP contribution in [0.2, 0.25) is 5.02 Å². The van der Waals surface area contributed by atoms with E-state index >= 15 is 0 Å². The highest BCUT2D eigenvalue weighted by molar-refractivity contribution is 6.30. The molecule has 27 heavy (non-hydrogen) atoms. The molecule has 0 unspecified atom stereocenters. The first kappa shape index (κ1) is 20.6. The molecule has 2 aromatic rings. The van der Waals surface area contributed by atoms with Gasteiger partial charge in [0.2, 0.25) is 5.91 Å². The highest BCUT2D eigenvalue weighted by atomic mass is 35.5. The third-order valence-corrected chi connectivity index (χ3v) is 4.22. The average Bonchev–Trinajstić information content (AvgIpc) is 2.61. The van der Waals surface area contributed by atoms with E-state index in [4.69, 9.17) is 11.6 Å². The molecule has 0 spiro atoms. The van der Waals surface area contributed by atoms with Crippen LogP contribution >= 0.6 is 11.6 Å². The largest absolute Gasteiger partial charge is 0.340 e. The topological polar surface area (TPSA) is 75.3 Å². The van der Waals surface area contributed by atoms with E-state index in [2.05, 4.69) is 10.6 Å². The van der Waals surface area contributed by atoms with E-state index in [9.17, 15) is 14.4 Å². The molecule has 0 aliphatic heterocycles. The van der Waals surface area contributed by atoms with Crippen molar-refractivity contribution < 1.29 is 14.4 Å². The molecule has 0 bridgehead atoms. The monoisotopic (exact) mass is 386 g/mol. The molecule has 0 aromatic heterocycles. The Kier molecular flexibility index (Phi) is 7.13. The fraction of sp³-hybridized carbons (Fsp3) is 0.286. The Labute approximate surface area is 164 Å². The van der Waals surface area contributed by atoms with Crippen LogP contribution in [-0.2, 0) is 4.79 Å². The summed E-state index contributed by atoms with van der Waals surface area (Å²) < 4.78 is 0. The Morgan fingerprint density at radius 1 is 1.00 bits per heavy atom. The van der Waals surface area contributed by atoms with E-state index in [1.807, 2.05) is 13.8 Å². The van der Waals surface area contributed by atoms with Gasteiger partial charge in [-0.2, -0.15) is 0 Å². The molecule has 0 heterocycles. The fourth-order valence-corrected chi connectivity index (χ4v) is 2.72. The third-order valence-electron chi connectivity index (χ3n) is 3.97. The number of anilines is 1. The zero-order valence-corrected chi connectivity index (χ0v) is 16.3. The molecule has 6 heteroatoms.